The number of nitrogens with zero attached hydrogens (tertiary/aromatic N) is 3. The minimum Gasteiger partial charge on any atom is -0.464 e. The van der Waals surface area contributed by atoms with E-state index in [2.05, 4.69) is 5.10 Å². The Morgan fingerprint density at radius 1 is 1.44 bits per heavy atom. The number of nitrogens with one attached hydrogen (secondary N) is 1. The van der Waals surface area contributed by atoms with Crippen molar-refractivity contribution in [1.82, 2.24) is 19.1 Å². The molecule has 1 aliphatic carbocycles. The Morgan fingerprint density at radius 3 is 2.74 bits per heavy atom. The van der Waals surface area contributed by atoms with E-state index < -0.39 is 27.8 Å². The maximum absolute atomic E-state index is 12.5. The molecular formula is C15H18N4O7S. The van der Waals surface area contributed by atoms with Crippen molar-refractivity contribution in [3.05, 3.63) is 39.2 Å². The smallest absolute Gasteiger partial charge is 0.360 e. The molecule has 1 aromatic heterocycles. The van der Waals surface area contributed by atoms with Crippen LogP contribution < -0.4 is 15.1 Å². The molecule has 1 atom stereocenters. The zero-order chi connectivity index (χ0) is 20.2. The zero-order valence-electron chi connectivity index (χ0n) is 14.8. The van der Waals surface area contributed by atoms with E-state index in [9.17, 15) is 22.8 Å². The van der Waals surface area contributed by atoms with Gasteiger partial charge in [-0.1, -0.05) is 13.0 Å². The maximum atomic E-state index is 12.5. The summed E-state index contributed by atoms with van der Waals surface area (Å²) in [4.78, 5) is 34.9. The number of sulfonamides is 1. The van der Waals surface area contributed by atoms with Crippen LogP contribution in [0.5, 0.6) is 6.01 Å². The molecule has 1 aromatic rings. The molecule has 0 bridgehead atoms. The molecule has 12 heteroatoms. The standard InChI is InChI=1S/C15H18N4O7S/c1-4-8-26-14-16-19(15(22)18(14)2)13(21)17-27(23,24)11-7-5-6-10(9-20)12(11)25-3/h5-7,12H,4,8H2,1-3H3,(H,17,21). The van der Waals surface area contributed by atoms with Crippen LogP contribution in [0.1, 0.15) is 13.3 Å². The van der Waals surface area contributed by atoms with Gasteiger partial charge in [0.2, 0.25) is 0 Å². The highest BCUT2D eigenvalue weighted by Crippen LogP contribution is 2.23. The van der Waals surface area contributed by atoms with Crippen molar-refractivity contribution in [1.29, 1.82) is 0 Å². The van der Waals surface area contributed by atoms with E-state index in [4.69, 9.17) is 9.47 Å². The summed E-state index contributed by atoms with van der Waals surface area (Å²) in [5, 5.41) is 3.68. The molecule has 1 aliphatic rings. The number of methoxy groups -OCH3 is 1. The van der Waals surface area contributed by atoms with Crippen molar-refractivity contribution in [3.8, 4) is 6.01 Å². The first-order chi connectivity index (χ1) is 12.8. The Labute approximate surface area is 154 Å². The summed E-state index contributed by atoms with van der Waals surface area (Å²) in [6.07, 6.45) is 3.22. The van der Waals surface area contributed by atoms with Gasteiger partial charge >= 0.3 is 17.7 Å². The van der Waals surface area contributed by atoms with E-state index in [0.717, 1.165) is 4.57 Å². The molecule has 0 spiro atoms. The molecule has 1 amide bonds. The molecule has 0 aliphatic heterocycles. The van der Waals surface area contributed by atoms with Crippen LogP contribution in [0.3, 0.4) is 0 Å². The fourth-order valence-electron chi connectivity index (χ4n) is 2.22. The first-order valence-corrected chi connectivity index (χ1v) is 9.27. The van der Waals surface area contributed by atoms with Crippen LogP contribution in [-0.2, 0) is 26.6 Å². The van der Waals surface area contributed by atoms with Gasteiger partial charge in [-0.15, -0.1) is 9.78 Å². The first-order valence-electron chi connectivity index (χ1n) is 7.78. The van der Waals surface area contributed by atoms with E-state index >= 15 is 0 Å². The van der Waals surface area contributed by atoms with Gasteiger partial charge in [-0.05, 0) is 18.6 Å². The SMILES string of the molecule is CCCOc1nn(C(=O)NS(=O)(=O)C2=CC=CC(=C=O)C2OC)c(=O)n1C. The van der Waals surface area contributed by atoms with Gasteiger partial charge in [0, 0.05) is 14.2 Å². The first kappa shape index (κ1) is 20.4. The summed E-state index contributed by atoms with van der Waals surface area (Å²) >= 11 is 0. The van der Waals surface area contributed by atoms with Crippen LogP contribution in [0.15, 0.2) is 33.5 Å². The normalized spacial score (nSPS) is 16.6. The molecule has 27 heavy (non-hydrogen) atoms. The number of aromatic nitrogens is 3. The molecule has 0 aromatic carbocycles. The second kappa shape index (κ2) is 8.16. The molecule has 0 saturated heterocycles. The number of allylic oxidation sites excluding steroid dienone is 2. The highest BCUT2D eigenvalue weighted by Gasteiger charge is 2.33. The van der Waals surface area contributed by atoms with Gasteiger partial charge in [-0.3, -0.25) is 0 Å². The van der Waals surface area contributed by atoms with Crippen LogP contribution in [0.25, 0.3) is 0 Å². The summed E-state index contributed by atoms with van der Waals surface area (Å²) in [6, 6.07) is -1.43. The van der Waals surface area contributed by atoms with Crippen molar-refractivity contribution in [2.24, 2.45) is 7.05 Å². The minimum absolute atomic E-state index is 0.0573. The Hall–Kier alpha value is -2.95. The van der Waals surface area contributed by atoms with Gasteiger partial charge in [-0.2, -0.15) is 0 Å². The van der Waals surface area contributed by atoms with Gasteiger partial charge in [0.15, 0.2) is 0 Å². The van der Waals surface area contributed by atoms with E-state index in [1.807, 2.05) is 6.92 Å². The van der Waals surface area contributed by atoms with Crippen LogP contribution >= 0.6 is 0 Å². The quantitative estimate of drug-likeness (QED) is 0.632. The summed E-state index contributed by atoms with van der Waals surface area (Å²) in [6.45, 7) is 2.11. The number of rotatable bonds is 6. The Balaban J connectivity index is 2.32. The third kappa shape index (κ3) is 4.08. The molecular weight excluding hydrogens is 380 g/mol. The van der Waals surface area contributed by atoms with Crippen molar-refractivity contribution >= 4 is 22.0 Å². The summed E-state index contributed by atoms with van der Waals surface area (Å²) in [7, 11) is -1.91. The zero-order valence-corrected chi connectivity index (χ0v) is 15.6. The Bertz CT molecular complexity index is 1010. The molecule has 11 nitrogen and oxygen atoms in total. The molecule has 1 unspecified atom stereocenters. The van der Waals surface area contributed by atoms with E-state index in [0.29, 0.717) is 11.1 Å². The van der Waals surface area contributed by atoms with E-state index in [1.165, 1.54) is 32.4 Å². The largest absolute Gasteiger partial charge is 0.464 e. The average molecular weight is 398 g/mol. The third-order valence-corrected chi connectivity index (χ3v) is 4.95. The lowest BCUT2D eigenvalue weighted by Gasteiger charge is -2.20. The van der Waals surface area contributed by atoms with Crippen LogP contribution in [-0.4, -0.2) is 54.6 Å². The third-order valence-electron chi connectivity index (χ3n) is 3.53. The lowest BCUT2D eigenvalue weighted by atomic mass is 10.1. The van der Waals surface area contributed by atoms with E-state index in [-0.39, 0.29) is 23.1 Å². The van der Waals surface area contributed by atoms with Gasteiger partial charge in [0.1, 0.15) is 12.0 Å². The molecule has 1 heterocycles. The maximum Gasteiger partial charge on any atom is 0.360 e. The second-order valence-corrected chi connectivity index (χ2v) is 7.08. The fraction of sp³-hybridized carbons (Fsp3) is 0.400. The summed E-state index contributed by atoms with van der Waals surface area (Å²) < 4.78 is 38.3. The Morgan fingerprint density at radius 2 is 2.15 bits per heavy atom. The predicted octanol–water partition coefficient (Wildman–Crippen LogP) is -0.515. The van der Waals surface area contributed by atoms with Gasteiger partial charge in [0.25, 0.3) is 10.0 Å². The van der Waals surface area contributed by atoms with Crippen molar-refractivity contribution in [2.75, 3.05) is 13.7 Å². The number of carbonyl (C=O) groups excluding carboxylic acids is 2. The topological polar surface area (TPSA) is 139 Å². The van der Waals surface area contributed by atoms with Gasteiger partial charge in [0.05, 0.1) is 17.1 Å². The number of hydrogen-bond donors (Lipinski definition) is 1. The van der Waals surface area contributed by atoms with Crippen molar-refractivity contribution in [2.45, 2.75) is 19.4 Å². The highest BCUT2D eigenvalue weighted by molar-refractivity contribution is 7.94. The Kier molecular flexibility index (Phi) is 6.16. The number of ether oxygens (including phenoxy) is 2. The molecule has 0 saturated carbocycles. The number of carbonyl (C=O) groups is 1. The predicted molar refractivity (Wildman–Crippen MR) is 93.3 cm³/mol. The number of hydrogen-bond acceptors (Lipinski definition) is 8. The van der Waals surface area contributed by atoms with Crippen LogP contribution in [0.4, 0.5) is 4.79 Å². The lowest BCUT2D eigenvalue weighted by Crippen LogP contribution is -2.42. The van der Waals surface area contributed by atoms with Crippen LogP contribution in [0, 0.1) is 0 Å². The van der Waals surface area contributed by atoms with Gasteiger partial charge in [-0.25, -0.2) is 32.1 Å². The van der Waals surface area contributed by atoms with Gasteiger partial charge < -0.3 is 9.47 Å². The van der Waals surface area contributed by atoms with Crippen LogP contribution in [0.2, 0.25) is 0 Å². The van der Waals surface area contributed by atoms with Crippen molar-refractivity contribution in [3.63, 3.8) is 0 Å². The fourth-order valence-corrected chi connectivity index (χ4v) is 3.42. The molecule has 2 rings (SSSR count). The summed E-state index contributed by atoms with van der Waals surface area (Å²) in [5.41, 5.74) is -0.943. The lowest BCUT2D eigenvalue weighted by molar-refractivity contribution is 0.167. The molecule has 1 N–H and O–H groups in total. The minimum atomic E-state index is -4.44. The molecule has 146 valence electrons. The molecule has 0 fully saturated rings. The second-order valence-electron chi connectivity index (χ2n) is 5.40. The number of amides is 1. The highest BCUT2D eigenvalue weighted by atomic mass is 32.2. The average Bonchev–Trinajstić information content (AvgIpc) is 2.93. The monoisotopic (exact) mass is 398 g/mol. The summed E-state index contributed by atoms with van der Waals surface area (Å²) in [5.74, 6) is 1.58. The van der Waals surface area contributed by atoms with E-state index in [1.54, 1.807) is 10.7 Å². The van der Waals surface area contributed by atoms with Crippen molar-refractivity contribution < 1.29 is 27.5 Å². The molecule has 0 radical (unpaired) electrons.